The molecule has 0 aromatic heterocycles. The molecule has 1 unspecified atom stereocenters. The van der Waals surface area contributed by atoms with Crippen molar-refractivity contribution in [1.29, 1.82) is 0 Å². The molecule has 1 aromatic rings. The van der Waals surface area contributed by atoms with E-state index in [1.807, 2.05) is 29.4 Å². The molecule has 0 amide bonds. The lowest BCUT2D eigenvalue weighted by atomic mass is 10.1. The number of hydrazone groups is 1. The number of aliphatic imine (C=N–C) groups is 1. The zero-order valence-electron chi connectivity index (χ0n) is 14.5. The lowest BCUT2D eigenvalue weighted by Gasteiger charge is -2.26. The third-order valence-electron chi connectivity index (χ3n) is 4.63. The second-order valence-electron chi connectivity index (χ2n) is 6.34. The van der Waals surface area contributed by atoms with Crippen molar-refractivity contribution in [3.05, 3.63) is 47.0 Å². The summed E-state index contributed by atoms with van der Waals surface area (Å²) in [4.78, 5) is 17.5. The van der Waals surface area contributed by atoms with Crippen LogP contribution in [0.4, 0.5) is 5.69 Å². The third kappa shape index (κ3) is 3.81. The Bertz CT molecular complexity index is 738. The molecule has 0 bridgehead atoms. The minimum atomic E-state index is -0.0720. The van der Waals surface area contributed by atoms with Crippen molar-refractivity contribution in [2.75, 3.05) is 39.5 Å². The van der Waals surface area contributed by atoms with Crippen LogP contribution in [-0.2, 0) is 9.47 Å². The number of hydrogen-bond acceptors (Lipinski definition) is 8. The molecule has 26 heavy (non-hydrogen) atoms. The zero-order valence-corrected chi connectivity index (χ0v) is 14.5. The van der Waals surface area contributed by atoms with Gasteiger partial charge >= 0.3 is 0 Å². The van der Waals surface area contributed by atoms with Gasteiger partial charge in [-0.2, -0.15) is 5.10 Å². The second kappa shape index (κ2) is 7.76. The van der Waals surface area contributed by atoms with Crippen molar-refractivity contribution in [3.63, 3.8) is 0 Å². The Morgan fingerprint density at radius 1 is 1.23 bits per heavy atom. The molecule has 0 radical (unpaired) electrons. The Morgan fingerprint density at radius 3 is 2.81 bits per heavy atom. The van der Waals surface area contributed by atoms with Gasteiger partial charge in [-0.1, -0.05) is 12.1 Å². The summed E-state index contributed by atoms with van der Waals surface area (Å²) in [6.45, 7) is 4.99. The molecule has 4 rings (SSSR count). The van der Waals surface area contributed by atoms with Gasteiger partial charge < -0.3 is 9.47 Å². The van der Waals surface area contributed by atoms with Gasteiger partial charge in [0.15, 0.2) is 6.17 Å². The summed E-state index contributed by atoms with van der Waals surface area (Å²) in [5.74, 6) is 0.650. The van der Waals surface area contributed by atoms with Crippen LogP contribution in [0.2, 0.25) is 0 Å². The van der Waals surface area contributed by atoms with Crippen LogP contribution < -0.4 is 0 Å². The van der Waals surface area contributed by atoms with E-state index in [-0.39, 0.29) is 6.17 Å². The number of rotatable bonds is 5. The van der Waals surface area contributed by atoms with Crippen LogP contribution in [0.3, 0.4) is 0 Å². The van der Waals surface area contributed by atoms with E-state index in [0.717, 1.165) is 44.1 Å². The van der Waals surface area contributed by atoms with E-state index in [1.165, 1.54) is 0 Å². The average Bonchev–Trinajstić information content (AvgIpc) is 3.12. The van der Waals surface area contributed by atoms with Crippen LogP contribution in [0.1, 0.15) is 12.0 Å². The predicted molar refractivity (Wildman–Crippen MR) is 98.5 cm³/mol. The highest BCUT2D eigenvalue weighted by Gasteiger charge is 2.28. The number of fused-ring (bicyclic) bond motifs is 1. The number of hydrogen-bond donors (Lipinski definition) is 0. The first-order valence-corrected chi connectivity index (χ1v) is 8.80. The van der Waals surface area contributed by atoms with Gasteiger partial charge in [-0.25, -0.2) is 10.0 Å². The fourth-order valence-electron chi connectivity index (χ4n) is 3.16. The fourth-order valence-corrected chi connectivity index (χ4v) is 3.16. The Labute approximate surface area is 151 Å². The highest BCUT2D eigenvalue weighted by molar-refractivity contribution is 6.02. The van der Waals surface area contributed by atoms with Gasteiger partial charge in [0.2, 0.25) is 5.90 Å². The summed E-state index contributed by atoms with van der Waals surface area (Å²) in [6.07, 6.45) is 4.38. The van der Waals surface area contributed by atoms with E-state index in [9.17, 15) is 4.91 Å². The molecule has 0 aliphatic carbocycles. The lowest BCUT2D eigenvalue weighted by Crippen LogP contribution is -2.38. The predicted octanol–water partition coefficient (Wildman–Crippen LogP) is 2.10. The highest BCUT2D eigenvalue weighted by Crippen LogP contribution is 2.25. The zero-order chi connectivity index (χ0) is 17.8. The van der Waals surface area contributed by atoms with Gasteiger partial charge in [-0.3, -0.25) is 4.90 Å². The number of morpholine rings is 1. The summed E-state index contributed by atoms with van der Waals surface area (Å²) < 4.78 is 11.2. The number of benzene rings is 1. The molecule has 1 fully saturated rings. The van der Waals surface area contributed by atoms with E-state index in [0.29, 0.717) is 24.6 Å². The number of nitroso groups, excluding NO2 is 1. The summed E-state index contributed by atoms with van der Waals surface area (Å²) in [6, 6.07) is 7.12. The smallest absolute Gasteiger partial charge is 0.212 e. The normalized spacial score (nSPS) is 22.6. The van der Waals surface area contributed by atoms with Gasteiger partial charge in [-0.15, -0.1) is 4.91 Å². The van der Waals surface area contributed by atoms with E-state index >= 15 is 0 Å². The summed E-state index contributed by atoms with van der Waals surface area (Å²) in [7, 11) is 0. The largest absolute Gasteiger partial charge is 0.476 e. The fraction of sp³-hybridized carbons (Fsp3) is 0.444. The minimum absolute atomic E-state index is 0.0720. The van der Waals surface area contributed by atoms with Crippen LogP contribution in [0.25, 0.3) is 0 Å². The van der Waals surface area contributed by atoms with Crippen LogP contribution >= 0.6 is 0 Å². The maximum Gasteiger partial charge on any atom is 0.212 e. The highest BCUT2D eigenvalue weighted by atomic mass is 16.5. The molecule has 8 heteroatoms. The SMILES string of the molecule is O=Nc1ccc(C2=NN3C=CC(OCCN4CCOCC4)=NC3C2)cc1. The van der Waals surface area contributed by atoms with Crippen LogP contribution in [0, 0.1) is 4.91 Å². The Kier molecular flexibility index (Phi) is 5.03. The molecule has 136 valence electrons. The Balaban J connectivity index is 1.32. The molecule has 3 aliphatic rings. The average molecular weight is 355 g/mol. The first kappa shape index (κ1) is 16.9. The monoisotopic (exact) mass is 355 g/mol. The molecule has 1 saturated heterocycles. The maximum absolute atomic E-state index is 10.5. The number of ether oxygens (including phenoxy) is 2. The van der Waals surface area contributed by atoms with Gasteiger partial charge in [0.1, 0.15) is 12.3 Å². The van der Waals surface area contributed by atoms with Crippen molar-refractivity contribution in [2.45, 2.75) is 12.6 Å². The first-order valence-electron chi connectivity index (χ1n) is 8.80. The summed E-state index contributed by atoms with van der Waals surface area (Å²) in [5, 5.41) is 9.36. The lowest BCUT2D eigenvalue weighted by molar-refractivity contribution is 0.0315. The van der Waals surface area contributed by atoms with E-state index < -0.39 is 0 Å². The standard InChI is InChI=1S/C18H21N5O3/c24-21-15-3-1-14(2-4-15)16-13-17-19-18(5-6-23(17)20-16)26-12-9-22-7-10-25-11-8-22/h1-6,17H,7-13H2. The second-order valence-corrected chi connectivity index (χ2v) is 6.34. The molecule has 3 heterocycles. The van der Waals surface area contributed by atoms with Crippen molar-refractivity contribution in [3.8, 4) is 0 Å². The molecule has 0 spiro atoms. The van der Waals surface area contributed by atoms with Crippen LogP contribution in [0.5, 0.6) is 0 Å². The quantitative estimate of drug-likeness (QED) is 0.756. The van der Waals surface area contributed by atoms with Crippen molar-refractivity contribution in [2.24, 2.45) is 15.3 Å². The van der Waals surface area contributed by atoms with E-state index in [1.54, 1.807) is 12.1 Å². The molecule has 0 N–H and O–H groups in total. The molecule has 8 nitrogen and oxygen atoms in total. The van der Waals surface area contributed by atoms with Crippen molar-refractivity contribution >= 4 is 17.3 Å². The molecule has 0 saturated carbocycles. The number of nitrogens with zero attached hydrogens (tertiary/aromatic N) is 5. The van der Waals surface area contributed by atoms with Gasteiger partial charge in [0.05, 0.1) is 18.9 Å². The Hall–Kier alpha value is -2.58. The molecule has 1 aromatic carbocycles. The van der Waals surface area contributed by atoms with Crippen LogP contribution in [0.15, 0.2) is 51.8 Å². The summed E-state index contributed by atoms with van der Waals surface area (Å²) in [5.41, 5.74) is 2.33. The summed E-state index contributed by atoms with van der Waals surface area (Å²) >= 11 is 0. The van der Waals surface area contributed by atoms with Crippen molar-refractivity contribution < 1.29 is 9.47 Å². The molecule has 3 aliphatic heterocycles. The maximum atomic E-state index is 10.5. The Morgan fingerprint density at radius 2 is 2.04 bits per heavy atom. The van der Waals surface area contributed by atoms with E-state index in [2.05, 4.69) is 20.2 Å². The third-order valence-corrected chi connectivity index (χ3v) is 4.63. The first-order chi connectivity index (χ1) is 12.8. The van der Waals surface area contributed by atoms with Gasteiger partial charge in [0.25, 0.3) is 0 Å². The van der Waals surface area contributed by atoms with Crippen molar-refractivity contribution in [1.82, 2.24) is 9.91 Å². The van der Waals surface area contributed by atoms with Gasteiger partial charge in [-0.05, 0) is 22.9 Å². The minimum Gasteiger partial charge on any atom is -0.476 e. The van der Waals surface area contributed by atoms with E-state index in [4.69, 9.17) is 9.47 Å². The molecule has 1 atom stereocenters. The topological polar surface area (TPSA) is 79.1 Å². The van der Waals surface area contributed by atoms with Gasteiger partial charge in [0, 0.05) is 38.3 Å². The molecular weight excluding hydrogens is 334 g/mol. The van der Waals surface area contributed by atoms with Crippen LogP contribution in [-0.4, -0.2) is 67.1 Å². The molecular formula is C18H21N5O3.